The van der Waals surface area contributed by atoms with Crippen LogP contribution in [-0.4, -0.2) is 27.8 Å². The van der Waals surface area contributed by atoms with Crippen molar-refractivity contribution in [2.45, 2.75) is 0 Å². The van der Waals surface area contributed by atoms with Crippen LogP contribution in [0.3, 0.4) is 0 Å². The quantitative estimate of drug-likeness (QED) is 0.764. The number of benzene rings is 2. The van der Waals surface area contributed by atoms with E-state index in [0.717, 1.165) is 0 Å². The highest BCUT2D eigenvalue weighted by atomic mass is 19.1. The lowest BCUT2D eigenvalue weighted by Crippen LogP contribution is -2.05. The summed E-state index contributed by atoms with van der Waals surface area (Å²) in [5.41, 5.74) is 0. The monoisotopic (exact) mass is 284 g/mol. The molecule has 0 amide bonds. The van der Waals surface area contributed by atoms with Gasteiger partial charge in [-0.3, -0.25) is 0 Å². The molecule has 0 aliphatic rings. The highest BCUT2D eigenvalue weighted by Crippen LogP contribution is 2.36. The molecule has 0 aromatic heterocycles. The molecule has 0 aliphatic heterocycles. The third kappa shape index (κ3) is 2.97. The van der Waals surface area contributed by atoms with Crippen LogP contribution in [0, 0.1) is 11.6 Å². The van der Waals surface area contributed by atoms with Crippen LogP contribution in [0.2, 0.25) is 0 Å². The molecule has 0 N–H and O–H groups in total. The summed E-state index contributed by atoms with van der Waals surface area (Å²) in [6.45, 7) is -0.260. The van der Waals surface area contributed by atoms with Crippen molar-refractivity contribution in [3.05, 3.63) is 35.9 Å². The van der Waals surface area contributed by atoms with E-state index < -0.39 is 11.6 Å². The molecule has 0 saturated heterocycles. The van der Waals surface area contributed by atoms with Gasteiger partial charge in [0.25, 0.3) is 0 Å². The van der Waals surface area contributed by atoms with Crippen LogP contribution in [0.5, 0.6) is 11.5 Å². The van der Waals surface area contributed by atoms with E-state index in [-0.39, 0.29) is 25.1 Å². The van der Waals surface area contributed by atoms with E-state index in [1.54, 1.807) is 0 Å². The molecule has 2 aromatic carbocycles. The first-order valence-electron chi connectivity index (χ1n) is 5.82. The molecule has 0 bridgehead atoms. The van der Waals surface area contributed by atoms with Gasteiger partial charge < -0.3 is 18.9 Å². The number of ether oxygens (including phenoxy) is 4. The van der Waals surface area contributed by atoms with Crippen LogP contribution in [0.1, 0.15) is 0 Å². The molecule has 0 heterocycles. The summed E-state index contributed by atoms with van der Waals surface area (Å²) in [6, 6.07) is 5.45. The van der Waals surface area contributed by atoms with Crippen molar-refractivity contribution in [2.24, 2.45) is 0 Å². The van der Waals surface area contributed by atoms with Crippen LogP contribution in [0.15, 0.2) is 24.3 Å². The Morgan fingerprint density at radius 3 is 2.35 bits per heavy atom. The third-order valence-electron chi connectivity index (χ3n) is 2.62. The summed E-state index contributed by atoms with van der Waals surface area (Å²) in [5, 5.41) is 0.898. The van der Waals surface area contributed by atoms with E-state index in [2.05, 4.69) is 0 Å². The van der Waals surface area contributed by atoms with Gasteiger partial charge in [-0.15, -0.1) is 0 Å². The van der Waals surface area contributed by atoms with Crippen LogP contribution >= 0.6 is 0 Å². The zero-order valence-electron chi connectivity index (χ0n) is 11.1. The van der Waals surface area contributed by atoms with E-state index in [9.17, 15) is 8.78 Å². The van der Waals surface area contributed by atoms with E-state index in [4.69, 9.17) is 18.9 Å². The van der Waals surface area contributed by atoms with Gasteiger partial charge >= 0.3 is 0 Å². The lowest BCUT2D eigenvalue weighted by atomic mass is 10.1. The molecular weight excluding hydrogens is 270 g/mol. The Bertz CT molecular complexity index is 601. The van der Waals surface area contributed by atoms with Crippen molar-refractivity contribution in [3.8, 4) is 11.5 Å². The largest absolute Gasteiger partial charge is 0.464 e. The third-order valence-corrected chi connectivity index (χ3v) is 2.62. The average Bonchev–Trinajstić information content (AvgIpc) is 2.45. The minimum Gasteiger partial charge on any atom is -0.464 e. The maximum absolute atomic E-state index is 14.3. The van der Waals surface area contributed by atoms with Crippen molar-refractivity contribution < 1.29 is 27.7 Å². The minimum atomic E-state index is -0.725. The summed E-state index contributed by atoms with van der Waals surface area (Å²) in [5.74, 6) is -1.35. The highest BCUT2D eigenvalue weighted by molar-refractivity contribution is 5.90. The van der Waals surface area contributed by atoms with Crippen molar-refractivity contribution in [1.29, 1.82) is 0 Å². The second kappa shape index (κ2) is 6.49. The van der Waals surface area contributed by atoms with E-state index >= 15 is 0 Å². The van der Waals surface area contributed by atoms with Gasteiger partial charge in [0.2, 0.25) is 5.82 Å². The lowest BCUT2D eigenvalue weighted by molar-refractivity contribution is 0.0414. The summed E-state index contributed by atoms with van der Waals surface area (Å²) in [4.78, 5) is 0. The Labute approximate surface area is 114 Å². The molecule has 2 aromatic rings. The summed E-state index contributed by atoms with van der Waals surface area (Å²) >= 11 is 0. The van der Waals surface area contributed by atoms with E-state index in [1.807, 2.05) is 0 Å². The Hall–Kier alpha value is -1.92. The van der Waals surface area contributed by atoms with Gasteiger partial charge in [-0.25, -0.2) is 4.39 Å². The molecule has 0 radical (unpaired) electrons. The molecule has 20 heavy (non-hydrogen) atoms. The number of fused-ring (bicyclic) bond motifs is 1. The fourth-order valence-electron chi connectivity index (χ4n) is 1.77. The first kappa shape index (κ1) is 14.5. The summed E-state index contributed by atoms with van der Waals surface area (Å²) < 4.78 is 47.4. The van der Waals surface area contributed by atoms with Gasteiger partial charge in [-0.1, -0.05) is 6.07 Å². The number of hydrogen-bond donors (Lipinski definition) is 0. The Balaban J connectivity index is 2.54. The van der Waals surface area contributed by atoms with Crippen molar-refractivity contribution in [2.75, 3.05) is 27.8 Å². The van der Waals surface area contributed by atoms with Gasteiger partial charge in [0.15, 0.2) is 25.1 Å². The number of rotatable bonds is 6. The Morgan fingerprint density at radius 2 is 1.65 bits per heavy atom. The second-order valence-corrected chi connectivity index (χ2v) is 3.98. The van der Waals surface area contributed by atoms with Crippen LogP contribution in [0.4, 0.5) is 8.78 Å². The van der Waals surface area contributed by atoms with Gasteiger partial charge in [0, 0.05) is 19.6 Å². The Morgan fingerprint density at radius 1 is 0.950 bits per heavy atom. The molecule has 4 nitrogen and oxygen atoms in total. The van der Waals surface area contributed by atoms with Gasteiger partial charge in [0.1, 0.15) is 5.82 Å². The molecule has 6 heteroatoms. The molecule has 108 valence electrons. The van der Waals surface area contributed by atoms with Crippen molar-refractivity contribution in [1.82, 2.24) is 0 Å². The molecule has 0 unspecified atom stereocenters. The summed E-state index contributed by atoms with van der Waals surface area (Å²) in [6.07, 6.45) is 0. The fraction of sp³-hybridized carbons (Fsp3) is 0.286. The van der Waals surface area contributed by atoms with Gasteiger partial charge in [0.05, 0.1) is 0 Å². The second-order valence-electron chi connectivity index (χ2n) is 3.98. The number of hydrogen-bond acceptors (Lipinski definition) is 4. The topological polar surface area (TPSA) is 36.9 Å². The molecule has 0 atom stereocenters. The Kier molecular flexibility index (Phi) is 4.70. The zero-order valence-corrected chi connectivity index (χ0v) is 11.1. The lowest BCUT2D eigenvalue weighted by Gasteiger charge is -2.13. The number of methoxy groups -OCH3 is 2. The minimum absolute atomic E-state index is 0.0305. The maximum atomic E-state index is 14.3. The zero-order chi connectivity index (χ0) is 14.5. The molecular formula is C14H14F2O4. The van der Waals surface area contributed by atoms with Gasteiger partial charge in [-0.2, -0.15) is 4.39 Å². The van der Waals surface area contributed by atoms with Crippen LogP contribution < -0.4 is 9.47 Å². The van der Waals surface area contributed by atoms with E-state index in [1.165, 1.54) is 38.5 Å². The highest BCUT2D eigenvalue weighted by Gasteiger charge is 2.17. The maximum Gasteiger partial charge on any atom is 0.207 e. The first-order chi connectivity index (χ1) is 9.67. The first-order valence-corrected chi connectivity index (χ1v) is 5.82. The predicted octanol–water partition coefficient (Wildman–Crippen LogP) is 3.08. The number of halogens is 2. The predicted molar refractivity (Wildman–Crippen MR) is 68.9 cm³/mol. The summed E-state index contributed by atoms with van der Waals surface area (Å²) in [7, 11) is 2.84. The molecule has 0 fully saturated rings. The molecule has 0 aliphatic carbocycles. The van der Waals surface area contributed by atoms with Crippen molar-refractivity contribution >= 4 is 10.8 Å². The average molecular weight is 284 g/mol. The van der Waals surface area contributed by atoms with Gasteiger partial charge in [-0.05, 0) is 23.6 Å². The van der Waals surface area contributed by atoms with Crippen LogP contribution in [-0.2, 0) is 9.47 Å². The SMILES string of the molecule is COCOc1cc2ccc(F)cc2c(OCOC)c1F. The normalized spacial score (nSPS) is 10.8. The molecule has 0 spiro atoms. The standard InChI is InChI=1S/C14H14F2O4/c1-17-7-19-12-5-9-3-4-10(15)6-11(9)14(13(12)16)20-8-18-2/h3-6H,7-8H2,1-2H3. The fourth-order valence-corrected chi connectivity index (χ4v) is 1.77. The molecule has 0 saturated carbocycles. The van der Waals surface area contributed by atoms with E-state index in [0.29, 0.717) is 10.8 Å². The smallest absolute Gasteiger partial charge is 0.207 e. The van der Waals surface area contributed by atoms with Crippen LogP contribution in [0.25, 0.3) is 10.8 Å². The molecule has 2 rings (SSSR count). The van der Waals surface area contributed by atoms with Crippen molar-refractivity contribution in [3.63, 3.8) is 0 Å².